The normalized spacial score (nSPS) is 16.3. The Balaban J connectivity index is 1.59. The van der Waals surface area contributed by atoms with Crippen LogP contribution in [0, 0.1) is 5.82 Å². The van der Waals surface area contributed by atoms with Gasteiger partial charge in [0.2, 0.25) is 0 Å². The van der Waals surface area contributed by atoms with Crippen LogP contribution >= 0.6 is 23.4 Å². The number of amides is 1. The van der Waals surface area contributed by atoms with Gasteiger partial charge in [-0.1, -0.05) is 59.8 Å². The second-order valence-corrected chi connectivity index (χ2v) is 9.52. The third kappa shape index (κ3) is 5.01. The Morgan fingerprint density at radius 1 is 1.08 bits per heavy atom. The summed E-state index contributed by atoms with van der Waals surface area (Å²) < 4.78 is 25.7. The highest BCUT2D eigenvalue weighted by molar-refractivity contribution is 8.13. The van der Waals surface area contributed by atoms with Gasteiger partial charge in [-0.3, -0.25) is 15.1 Å². The number of hydrazone groups is 1. The van der Waals surface area contributed by atoms with E-state index in [0.29, 0.717) is 68.1 Å². The Morgan fingerprint density at radius 3 is 2.62 bits per heavy atom. The van der Waals surface area contributed by atoms with Crippen molar-refractivity contribution >= 4 is 40.1 Å². The zero-order valence-electron chi connectivity index (χ0n) is 20.2. The van der Waals surface area contributed by atoms with E-state index >= 15 is 0 Å². The van der Waals surface area contributed by atoms with Crippen molar-refractivity contribution in [1.82, 2.24) is 10.3 Å². The van der Waals surface area contributed by atoms with E-state index in [-0.39, 0.29) is 11.7 Å². The largest absolute Gasteiger partial charge is 0.490 e. The molecule has 0 spiro atoms. The van der Waals surface area contributed by atoms with Crippen LogP contribution in [-0.2, 0) is 10.5 Å². The summed E-state index contributed by atoms with van der Waals surface area (Å²) in [5, 5.41) is 11.2. The summed E-state index contributed by atoms with van der Waals surface area (Å²) in [6, 6.07) is 17.5. The Hall–Kier alpha value is -3.56. The lowest BCUT2D eigenvalue weighted by Crippen LogP contribution is -2.50. The van der Waals surface area contributed by atoms with Crippen LogP contribution in [0.2, 0.25) is 5.02 Å². The van der Waals surface area contributed by atoms with E-state index < -0.39 is 6.17 Å². The Labute approximate surface area is 222 Å². The quantitative estimate of drug-likeness (QED) is 0.484. The summed E-state index contributed by atoms with van der Waals surface area (Å²) >= 11 is 7.84. The number of rotatable bonds is 7. The molecule has 1 amide bonds. The standard InChI is InChI=1S/C27H24ClFN4O3S/c1-3-35-22-14-17(13-19(28)24(22)36-4-2)25-30-21-12-8-6-10-18(21)23-26(34)31-27(32-33(23)25)37-15-16-9-5-7-11-20(16)29/h5-14,25H,3-4,15H2,1-2H3,(H,31,32,34)/t25-/m1/s1. The monoisotopic (exact) mass is 538 g/mol. The first kappa shape index (κ1) is 25.1. The number of nitrogens with one attached hydrogen (secondary N) is 1. The topological polar surface area (TPSA) is 75.5 Å². The first-order valence-corrected chi connectivity index (χ1v) is 13.2. The smallest absolute Gasteiger partial charge is 0.276 e. The molecule has 3 aromatic rings. The summed E-state index contributed by atoms with van der Waals surface area (Å²) in [7, 11) is 0. The van der Waals surface area contributed by atoms with Crippen LogP contribution < -0.4 is 25.4 Å². The summed E-state index contributed by atoms with van der Waals surface area (Å²) in [6.07, 6.45) is -0.688. The number of hydrogen-bond donors (Lipinski definition) is 1. The molecule has 7 nitrogen and oxygen atoms in total. The second kappa shape index (κ2) is 10.8. The molecule has 10 heteroatoms. The van der Waals surface area contributed by atoms with Gasteiger partial charge in [0.15, 0.2) is 22.8 Å². The fraction of sp³-hybridized carbons (Fsp3) is 0.222. The number of ether oxygens (including phenoxy) is 2. The highest BCUT2D eigenvalue weighted by Gasteiger charge is 2.35. The molecular weight excluding hydrogens is 515 g/mol. The van der Waals surface area contributed by atoms with Gasteiger partial charge in [-0.2, -0.15) is 0 Å². The van der Waals surface area contributed by atoms with Crippen LogP contribution in [0.1, 0.15) is 31.1 Å². The lowest BCUT2D eigenvalue weighted by molar-refractivity contribution is -0.116. The zero-order valence-corrected chi connectivity index (χ0v) is 21.8. The van der Waals surface area contributed by atoms with Crippen LogP contribution in [0.3, 0.4) is 0 Å². The van der Waals surface area contributed by atoms with Crippen LogP contribution in [0.25, 0.3) is 5.70 Å². The molecule has 2 heterocycles. The molecule has 2 aliphatic rings. The molecule has 1 N–H and O–H groups in total. The van der Waals surface area contributed by atoms with Crippen LogP contribution in [-0.4, -0.2) is 29.3 Å². The highest BCUT2D eigenvalue weighted by atomic mass is 35.5. The lowest BCUT2D eigenvalue weighted by atomic mass is 10.1. The van der Waals surface area contributed by atoms with E-state index in [0.717, 1.165) is 0 Å². The number of para-hydroxylation sites is 1. The van der Waals surface area contributed by atoms with Crippen LogP contribution in [0.15, 0.2) is 70.8 Å². The van der Waals surface area contributed by atoms with E-state index in [1.807, 2.05) is 44.2 Å². The Kier molecular flexibility index (Phi) is 7.34. The van der Waals surface area contributed by atoms with Crippen molar-refractivity contribution in [3.63, 3.8) is 0 Å². The Bertz CT molecular complexity index is 1510. The molecule has 0 fully saturated rings. The average molecular weight is 539 g/mol. The van der Waals surface area contributed by atoms with E-state index in [2.05, 4.69) is 5.32 Å². The number of carbonyl (C=O) groups is 1. The molecule has 3 aromatic carbocycles. The molecule has 37 heavy (non-hydrogen) atoms. The van der Waals surface area contributed by atoms with E-state index in [1.165, 1.54) is 17.8 Å². The molecule has 0 aromatic heterocycles. The number of halogens is 2. The summed E-state index contributed by atoms with van der Waals surface area (Å²) in [6.45, 7) is 4.60. The van der Waals surface area contributed by atoms with Crippen LogP contribution in [0.5, 0.6) is 11.5 Å². The third-order valence-corrected chi connectivity index (χ3v) is 6.95. The van der Waals surface area contributed by atoms with Gasteiger partial charge in [0.05, 0.1) is 23.6 Å². The number of amidine groups is 1. The van der Waals surface area contributed by atoms with Gasteiger partial charge in [-0.05, 0) is 43.7 Å². The molecule has 0 unspecified atom stereocenters. The van der Waals surface area contributed by atoms with Crippen molar-refractivity contribution in [1.29, 1.82) is 0 Å². The van der Waals surface area contributed by atoms with Gasteiger partial charge >= 0.3 is 0 Å². The molecule has 5 rings (SSSR count). The van der Waals surface area contributed by atoms with Crippen molar-refractivity contribution in [2.24, 2.45) is 10.1 Å². The summed E-state index contributed by atoms with van der Waals surface area (Å²) in [4.78, 5) is 18.3. The maximum Gasteiger partial charge on any atom is 0.276 e. The molecule has 2 aliphatic heterocycles. The predicted molar refractivity (Wildman–Crippen MR) is 142 cm³/mol. The summed E-state index contributed by atoms with van der Waals surface area (Å²) in [5.41, 5.74) is 1.57. The minimum Gasteiger partial charge on any atom is -0.490 e. The van der Waals surface area contributed by atoms with Crippen molar-refractivity contribution in [2.75, 3.05) is 13.2 Å². The van der Waals surface area contributed by atoms with Gasteiger partial charge in [-0.15, -0.1) is 5.10 Å². The van der Waals surface area contributed by atoms with E-state index in [4.69, 9.17) is 31.2 Å². The van der Waals surface area contributed by atoms with Crippen molar-refractivity contribution in [2.45, 2.75) is 25.8 Å². The van der Waals surface area contributed by atoms with Crippen molar-refractivity contribution < 1.29 is 18.7 Å². The van der Waals surface area contributed by atoms with Crippen LogP contribution in [0.4, 0.5) is 4.39 Å². The van der Waals surface area contributed by atoms with E-state index in [1.54, 1.807) is 29.3 Å². The fourth-order valence-electron chi connectivity index (χ4n) is 4.16. The third-order valence-electron chi connectivity index (χ3n) is 5.76. The first-order valence-electron chi connectivity index (χ1n) is 11.8. The average Bonchev–Trinajstić information content (AvgIpc) is 2.89. The maximum absolute atomic E-state index is 14.2. The van der Waals surface area contributed by atoms with Crippen molar-refractivity contribution in [3.8, 4) is 11.5 Å². The SMILES string of the molecule is CCOc1cc([C@@H]2N=c3ccccc3=C3C(=O)NC(SCc4ccccc4F)=NN32)cc(Cl)c1OCC. The minimum atomic E-state index is -0.688. The number of thioether (sulfide) groups is 1. The summed E-state index contributed by atoms with van der Waals surface area (Å²) in [5.74, 6) is 0.618. The number of hydrogen-bond acceptors (Lipinski definition) is 7. The molecule has 1 atom stereocenters. The molecule has 0 radical (unpaired) electrons. The van der Waals surface area contributed by atoms with Gasteiger partial charge in [-0.25, -0.2) is 9.40 Å². The second-order valence-electron chi connectivity index (χ2n) is 8.15. The molecular formula is C27H24ClFN4O3S. The molecule has 0 saturated heterocycles. The van der Waals surface area contributed by atoms with Gasteiger partial charge in [0.1, 0.15) is 11.5 Å². The molecule has 190 valence electrons. The number of benzene rings is 3. The molecule has 0 aliphatic carbocycles. The number of carbonyl (C=O) groups excluding carboxylic acids is 1. The highest BCUT2D eigenvalue weighted by Crippen LogP contribution is 2.41. The number of fused-ring (bicyclic) bond motifs is 2. The lowest BCUT2D eigenvalue weighted by Gasteiger charge is -2.34. The number of nitrogens with zero attached hydrogens (tertiary/aromatic N) is 3. The van der Waals surface area contributed by atoms with Crippen molar-refractivity contribution in [3.05, 3.63) is 93.2 Å². The molecule has 0 saturated carbocycles. The van der Waals surface area contributed by atoms with Gasteiger partial charge < -0.3 is 9.47 Å². The fourth-order valence-corrected chi connectivity index (χ4v) is 5.27. The predicted octanol–water partition coefficient (Wildman–Crippen LogP) is 4.35. The van der Waals surface area contributed by atoms with E-state index in [9.17, 15) is 9.18 Å². The van der Waals surface area contributed by atoms with Gasteiger partial charge in [0, 0.05) is 16.5 Å². The zero-order chi connectivity index (χ0) is 25.9. The minimum absolute atomic E-state index is 0.302. The Morgan fingerprint density at radius 2 is 1.84 bits per heavy atom. The van der Waals surface area contributed by atoms with Gasteiger partial charge in [0.25, 0.3) is 5.91 Å². The maximum atomic E-state index is 14.2. The molecule has 0 bridgehead atoms. The first-order chi connectivity index (χ1) is 18.0.